The molecule has 324 valence electrons. The maximum absolute atomic E-state index is 13.2. The van der Waals surface area contributed by atoms with Crippen LogP contribution in [0.2, 0.25) is 0 Å². The number of likely N-dealkylation sites (tertiary alicyclic amines) is 1. The number of esters is 3. The Morgan fingerprint density at radius 2 is 0.839 bits per heavy atom. The molecule has 0 aromatic carbocycles. The van der Waals surface area contributed by atoms with Crippen LogP contribution in [0.1, 0.15) is 232 Å². The minimum atomic E-state index is -0.429. The SMILES string of the molecule is CCCCCCCC/C=C\CCCCCCCC(=O)OC1CC(OC(=O)C2CCCCN2C)C[C@H](OC(=O)CCCCCCC/C=C\CCCCCCCC)C1. The third-order valence-corrected chi connectivity index (χ3v) is 11.8. The third kappa shape index (κ3) is 26.7. The molecule has 0 aromatic heterocycles. The summed E-state index contributed by atoms with van der Waals surface area (Å²) in [5.41, 5.74) is 0. The molecule has 1 aliphatic carbocycles. The number of carbonyl (C=O) groups is 3. The number of nitrogens with zero attached hydrogens (tertiary/aromatic N) is 1. The highest BCUT2D eigenvalue weighted by Crippen LogP contribution is 2.29. The van der Waals surface area contributed by atoms with Crippen molar-refractivity contribution in [2.45, 2.75) is 257 Å². The normalized spacial score (nSPS) is 20.5. The van der Waals surface area contributed by atoms with Gasteiger partial charge in [-0.15, -0.1) is 0 Å². The summed E-state index contributed by atoms with van der Waals surface area (Å²) in [6, 6.07) is -0.241. The molecule has 4 atom stereocenters. The van der Waals surface area contributed by atoms with E-state index in [9.17, 15) is 14.4 Å². The zero-order chi connectivity index (χ0) is 40.3. The fourth-order valence-corrected chi connectivity index (χ4v) is 8.24. The summed E-state index contributed by atoms with van der Waals surface area (Å²) in [4.78, 5) is 41.1. The molecule has 7 heteroatoms. The first kappa shape index (κ1) is 50.0. The van der Waals surface area contributed by atoms with Crippen LogP contribution in [0.4, 0.5) is 0 Å². The lowest BCUT2D eigenvalue weighted by Crippen LogP contribution is -2.46. The van der Waals surface area contributed by atoms with Crippen molar-refractivity contribution in [1.29, 1.82) is 0 Å². The van der Waals surface area contributed by atoms with Gasteiger partial charge in [-0.05, 0) is 90.6 Å². The van der Waals surface area contributed by atoms with Crippen LogP contribution < -0.4 is 0 Å². The number of ether oxygens (including phenoxy) is 3. The average Bonchev–Trinajstić information content (AvgIpc) is 3.18. The Kier molecular flexibility index (Phi) is 31.1. The number of allylic oxidation sites excluding steroid dienone is 4. The Morgan fingerprint density at radius 3 is 1.23 bits per heavy atom. The summed E-state index contributed by atoms with van der Waals surface area (Å²) >= 11 is 0. The van der Waals surface area contributed by atoms with Crippen molar-refractivity contribution in [3.63, 3.8) is 0 Å². The monoisotopic (exact) mass is 786 g/mol. The predicted molar refractivity (Wildman–Crippen MR) is 233 cm³/mol. The van der Waals surface area contributed by atoms with Gasteiger partial charge in [0.15, 0.2) is 0 Å². The van der Waals surface area contributed by atoms with Crippen LogP contribution in [-0.4, -0.2) is 60.8 Å². The number of unbranched alkanes of at least 4 members (excludes halogenated alkanes) is 22. The molecular formula is C49H87NO6. The van der Waals surface area contributed by atoms with E-state index in [4.69, 9.17) is 14.2 Å². The highest BCUT2D eigenvalue weighted by atomic mass is 16.6. The van der Waals surface area contributed by atoms with E-state index in [1.54, 1.807) is 0 Å². The van der Waals surface area contributed by atoms with E-state index in [-0.39, 0.29) is 23.9 Å². The van der Waals surface area contributed by atoms with Gasteiger partial charge >= 0.3 is 17.9 Å². The van der Waals surface area contributed by atoms with Gasteiger partial charge in [0.25, 0.3) is 0 Å². The first-order chi connectivity index (χ1) is 27.4. The molecule has 0 amide bonds. The van der Waals surface area contributed by atoms with Crippen molar-refractivity contribution in [1.82, 2.24) is 4.90 Å². The number of piperidine rings is 1. The van der Waals surface area contributed by atoms with Crippen molar-refractivity contribution < 1.29 is 28.6 Å². The summed E-state index contributed by atoms with van der Waals surface area (Å²) in [7, 11) is 1.98. The highest BCUT2D eigenvalue weighted by molar-refractivity contribution is 5.76. The quantitative estimate of drug-likeness (QED) is 0.0278. The molecular weight excluding hydrogens is 699 g/mol. The van der Waals surface area contributed by atoms with Crippen LogP contribution in [0.15, 0.2) is 24.3 Å². The second kappa shape index (κ2) is 34.9. The third-order valence-electron chi connectivity index (χ3n) is 11.8. The van der Waals surface area contributed by atoms with Gasteiger partial charge < -0.3 is 14.2 Å². The lowest BCUT2D eigenvalue weighted by Gasteiger charge is -2.36. The zero-order valence-corrected chi connectivity index (χ0v) is 36.8. The van der Waals surface area contributed by atoms with Crippen LogP contribution in [-0.2, 0) is 28.6 Å². The average molecular weight is 786 g/mol. The lowest BCUT2D eigenvalue weighted by molar-refractivity contribution is -0.172. The van der Waals surface area contributed by atoms with Gasteiger partial charge in [-0.3, -0.25) is 19.3 Å². The molecule has 1 heterocycles. The molecule has 0 bridgehead atoms. The Hall–Kier alpha value is -2.15. The molecule has 1 saturated carbocycles. The molecule has 2 aliphatic rings. The van der Waals surface area contributed by atoms with Crippen molar-refractivity contribution in [2.24, 2.45) is 0 Å². The summed E-state index contributed by atoms with van der Waals surface area (Å²) in [6.45, 7) is 5.41. The molecule has 56 heavy (non-hydrogen) atoms. The van der Waals surface area contributed by atoms with Crippen LogP contribution in [0.3, 0.4) is 0 Å². The number of likely N-dealkylation sites (N-methyl/N-ethyl adjacent to an activating group) is 1. The number of hydrogen-bond acceptors (Lipinski definition) is 7. The maximum atomic E-state index is 13.2. The minimum absolute atomic E-state index is 0.204. The number of carbonyl (C=O) groups excluding carboxylic acids is 3. The van der Waals surface area contributed by atoms with Crippen molar-refractivity contribution in [3.8, 4) is 0 Å². The lowest BCUT2D eigenvalue weighted by atomic mass is 9.91. The van der Waals surface area contributed by atoms with Gasteiger partial charge in [0.05, 0.1) is 0 Å². The van der Waals surface area contributed by atoms with E-state index in [2.05, 4.69) is 43.1 Å². The summed E-state index contributed by atoms with van der Waals surface area (Å²) in [5, 5.41) is 0. The van der Waals surface area contributed by atoms with Crippen LogP contribution >= 0.6 is 0 Å². The van der Waals surface area contributed by atoms with E-state index in [1.807, 2.05) is 7.05 Å². The second-order valence-electron chi connectivity index (χ2n) is 17.2. The first-order valence-electron chi connectivity index (χ1n) is 24.0. The Morgan fingerprint density at radius 1 is 0.482 bits per heavy atom. The molecule has 2 fully saturated rings. The van der Waals surface area contributed by atoms with Crippen molar-refractivity contribution in [2.75, 3.05) is 13.6 Å². The van der Waals surface area contributed by atoms with Crippen LogP contribution in [0, 0.1) is 0 Å². The largest absolute Gasteiger partial charge is 0.462 e. The molecule has 3 unspecified atom stereocenters. The van der Waals surface area contributed by atoms with Gasteiger partial charge in [-0.1, -0.05) is 147 Å². The molecule has 1 aliphatic heterocycles. The van der Waals surface area contributed by atoms with E-state index in [0.29, 0.717) is 32.1 Å². The van der Waals surface area contributed by atoms with Gasteiger partial charge in [-0.25, -0.2) is 0 Å². The fourth-order valence-electron chi connectivity index (χ4n) is 8.24. The summed E-state index contributed by atoms with van der Waals surface area (Å²) in [6.07, 6.45) is 44.8. The first-order valence-corrected chi connectivity index (χ1v) is 24.0. The van der Waals surface area contributed by atoms with Gasteiger partial charge in [-0.2, -0.15) is 0 Å². The van der Waals surface area contributed by atoms with Gasteiger partial charge in [0.2, 0.25) is 0 Å². The molecule has 0 N–H and O–H groups in total. The minimum Gasteiger partial charge on any atom is -0.462 e. The van der Waals surface area contributed by atoms with Gasteiger partial charge in [0, 0.05) is 32.1 Å². The van der Waals surface area contributed by atoms with Gasteiger partial charge in [0.1, 0.15) is 24.4 Å². The Labute approximate surface area is 344 Å². The summed E-state index contributed by atoms with van der Waals surface area (Å²) in [5.74, 6) is -0.620. The van der Waals surface area contributed by atoms with E-state index in [0.717, 1.165) is 77.2 Å². The molecule has 7 nitrogen and oxygen atoms in total. The highest BCUT2D eigenvalue weighted by Gasteiger charge is 2.37. The molecule has 0 radical (unpaired) electrons. The maximum Gasteiger partial charge on any atom is 0.323 e. The van der Waals surface area contributed by atoms with Crippen LogP contribution in [0.5, 0.6) is 0 Å². The van der Waals surface area contributed by atoms with Crippen molar-refractivity contribution in [3.05, 3.63) is 24.3 Å². The predicted octanol–water partition coefficient (Wildman–Crippen LogP) is 13.5. The fraction of sp³-hybridized carbons (Fsp3) is 0.857. The molecule has 0 aromatic rings. The summed E-state index contributed by atoms with van der Waals surface area (Å²) < 4.78 is 17.9. The standard InChI is InChI=1S/C49H87NO6/c1-4-6-8-10-12-14-16-18-20-22-24-26-28-30-32-37-47(51)54-43-40-44(42-45(41-43)56-49(53)46-36-34-35-39-50(46)3)55-48(52)38-33-31-29-27-25-23-21-19-17-15-13-11-9-7-5-2/h18-21,43-46H,4-17,22-42H2,1-3H3/b20-18-,21-19-/t43-,44?,45?,46?/m1/s1. The number of rotatable bonds is 34. The number of hydrogen-bond donors (Lipinski definition) is 0. The molecule has 2 rings (SSSR count). The Bertz CT molecular complexity index is 980. The van der Waals surface area contributed by atoms with E-state index >= 15 is 0 Å². The van der Waals surface area contributed by atoms with E-state index in [1.165, 1.54) is 116 Å². The molecule has 1 saturated heterocycles. The Balaban J connectivity index is 1.65. The van der Waals surface area contributed by atoms with E-state index < -0.39 is 18.3 Å². The smallest absolute Gasteiger partial charge is 0.323 e. The topological polar surface area (TPSA) is 82.1 Å². The van der Waals surface area contributed by atoms with Crippen LogP contribution in [0.25, 0.3) is 0 Å². The zero-order valence-electron chi connectivity index (χ0n) is 36.8. The molecule has 0 spiro atoms. The van der Waals surface area contributed by atoms with Crippen molar-refractivity contribution >= 4 is 17.9 Å². The second-order valence-corrected chi connectivity index (χ2v) is 17.2.